The van der Waals surface area contributed by atoms with Gasteiger partial charge in [0.15, 0.2) is 0 Å². The lowest BCUT2D eigenvalue weighted by Gasteiger charge is -1.94. The van der Waals surface area contributed by atoms with E-state index >= 15 is 0 Å². The van der Waals surface area contributed by atoms with Crippen LogP contribution in [0.3, 0.4) is 0 Å². The van der Waals surface area contributed by atoms with Crippen LogP contribution in [0.1, 0.15) is 18.9 Å². The molecule has 2 aromatic heterocycles. The van der Waals surface area contributed by atoms with Gasteiger partial charge in [0.1, 0.15) is 0 Å². The Labute approximate surface area is 98.7 Å². The Bertz CT molecular complexity index is 437. The first-order valence-electron chi connectivity index (χ1n) is 4.00. The van der Waals surface area contributed by atoms with Gasteiger partial charge in [-0.1, -0.05) is 0 Å². The van der Waals surface area contributed by atoms with E-state index in [1.807, 2.05) is 18.4 Å². The molecule has 74 valence electrons. The van der Waals surface area contributed by atoms with Crippen molar-refractivity contribution < 1.29 is 4.42 Å². The molecule has 0 fully saturated rings. The Morgan fingerprint density at radius 3 is 2.86 bits per heavy atom. The Kier molecular flexibility index (Phi) is 2.84. The van der Waals surface area contributed by atoms with Crippen LogP contribution >= 0.6 is 33.9 Å². The summed E-state index contributed by atoms with van der Waals surface area (Å²) in [6.07, 6.45) is 0. The second-order valence-corrected chi connectivity index (χ2v) is 5.68. The molecule has 0 aliphatic rings. The average molecular weight is 321 g/mol. The minimum Gasteiger partial charge on any atom is -0.419 e. The number of hydrogen-bond donors (Lipinski definition) is 1. The van der Waals surface area contributed by atoms with Crippen molar-refractivity contribution in [2.45, 2.75) is 13.0 Å². The lowest BCUT2D eigenvalue weighted by Crippen LogP contribution is -2.04. The highest BCUT2D eigenvalue weighted by atomic mass is 127. The minimum atomic E-state index is -0.214. The number of nitrogens with zero attached hydrogens (tertiary/aromatic N) is 2. The fraction of sp³-hybridized carbons (Fsp3) is 0.250. The lowest BCUT2D eigenvalue weighted by atomic mass is 10.3. The summed E-state index contributed by atoms with van der Waals surface area (Å²) < 4.78 is 6.59. The van der Waals surface area contributed by atoms with Crippen molar-refractivity contribution in [1.29, 1.82) is 0 Å². The van der Waals surface area contributed by atoms with Gasteiger partial charge in [0.2, 0.25) is 11.8 Å². The highest BCUT2D eigenvalue weighted by molar-refractivity contribution is 14.1. The number of halogens is 1. The van der Waals surface area contributed by atoms with Crippen molar-refractivity contribution in [3.63, 3.8) is 0 Å². The minimum absolute atomic E-state index is 0.214. The van der Waals surface area contributed by atoms with E-state index in [1.165, 1.54) is 2.88 Å². The standard InChI is InChI=1S/C8H8IN3OS/c1-4(10)7-11-12-8(13-7)5-2-6(9)14-3-5/h2-4H,10H2,1H3. The monoisotopic (exact) mass is 321 g/mol. The Balaban J connectivity index is 2.33. The summed E-state index contributed by atoms with van der Waals surface area (Å²) >= 11 is 3.90. The normalized spacial score (nSPS) is 13.1. The van der Waals surface area contributed by atoms with Crippen molar-refractivity contribution in [1.82, 2.24) is 10.2 Å². The zero-order valence-corrected chi connectivity index (χ0v) is 10.4. The molecule has 1 atom stereocenters. The maximum atomic E-state index is 5.62. The molecule has 0 radical (unpaired) electrons. The summed E-state index contributed by atoms with van der Waals surface area (Å²) in [6, 6.07) is 1.79. The summed E-state index contributed by atoms with van der Waals surface area (Å²) in [5, 5.41) is 9.78. The van der Waals surface area contributed by atoms with Crippen LogP contribution in [0.2, 0.25) is 0 Å². The van der Waals surface area contributed by atoms with Crippen LogP contribution in [0.4, 0.5) is 0 Å². The molecular weight excluding hydrogens is 313 g/mol. The fourth-order valence-electron chi connectivity index (χ4n) is 0.957. The van der Waals surface area contributed by atoms with Gasteiger partial charge in [-0.05, 0) is 35.6 Å². The summed E-state index contributed by atoms with van der Waals surface area (Å²) in [4.78, 5) is 0. The number of hydrogen-bond acceptors (Lipinski definition) is 5. The van der Waals surface area contributed by atoms with Crippen LogP contribution in [-0.4, -0.2) is 10.2 Å². The third-order valence-electron chi connectivity index (χ3n) is 1.64. The molecule has 0 aromatic carbocycles. The van der Waals surface area contributed by atoms with Gasteiger partial charge < -0.3 is 10.2 Å². The van der Waals surface area contributed by atoms with Crippen LogP contribution in [0, 0.1) is 2.88 Å². The van der Waals surface area contributed by atoms with E-state index < -0.39 is 0 Å². The predicted molar refractivity (Wildman–Crippen MR) is 62.9 cm³/mol. The molecule has 0 saturated heterocycles. The first-order valence-corrected chi connectivity index (χ1v) is 5.96. The van der Waals surface area contributed by atoms with Gasteiger partial charge in [-0.15, -0.1) is 21.5 Å². The first kappa shape index (κ1) is 10.1. The van der Waals surface area contributed by atoms with Gasteiger partial charge in [-0.3, -0.25) is 0 Å². The van der Waals surface area contributed by atoms with E-state index in [0.29, 0.717) is 11.8 Å². The fourth-order valence-corrected chi connectivity index (χ4v) is 2.28. The second-order valence-electron chi connectivity index (χ2n) is 2.87. The van der Waals surface area contributed by atoms with Gasteiger partial charge in [-0.25, -0.2) is 0 Å². The van der Waals surface area contributed by atoms with Gasteiger partial charge in [-0.2, -0.15) is 0 Å². The summed E-state index contributed by atoms with van der Waals surface area (Å²) in [5.41, 5.74) is 6.57. The molecule has 4 nitrogen and oxygen atoms in total. The number of nitrogens with two attached hydrogens (primary N) is 1. The quantitative estimate of drug-likeness (QED) is 0.863. The maximum Gasteiger partial charge on any atom is 0.248 e. The van der Waals surface area contributed by atoms with Crippen LogP contribution in [-0.2, 0) is 0 Å². The van der Waals surface area contributed by atoms with Crippen molar-refractivity contribution in [3.05, 3.63) is 20.2 Å². The molecule has 0 aliphatic heterocycles. The van der Waals surface area contributed by atoms with Gasteiger partial charge >= 0.3 is 0 Å². The Morgan fingerprint density at radius 1 is 1.57 bits per heavy atom. The summed E-state index contributed by atoms with van der Waals surface area (Å²) in [7, 11) is 0. The van der Waals surface area contributed by atoms with E-state index in [9.17, 15) is 0 Å². The molecule has 2 rings (SSSR count). The van der Waals surface area contributed by atoms with Gasteiger partial charge in [0, 0.05) is 5.38 Å². The zero-order valence-electron chi connectivity index (χ0n) is 7.40. The SMILES string of the molecule is CC(N)c1nnc(-c2csc(I)c2)o1. The molecule has 6 heteroatoms. The number of thiophene rings is 1. The largest absolute Gasteiger partial charge is 0.419 e. The van der Waals surface area contributed by atoms with Crippen molar-refractivity contribution in [3.8, 4) is 11.5 Å². The predicted octanol–water partition coefficient (Wildman–Crippen LogP) is 2.42. The second kappa shape index (κ2) is 3.95. The maximum absolute atomic E-state index is 5.62. The highest BCUT2D eigenvalue weighted by Gasteiger charge is 2.12. The molecule has 1 unspecified atom stereocenters. The Morgan fingerprint density at radius 2 is 2.36 bits per heavy atom. The van der Waals surface area contributed by atoms with E-state index in [4.69, 9.17) is 10.2 Å². The molecule has 14 heavy (non-hydrogen) atoms. The first-order chi connectivity index (χ1) is 6.66. The number of aromatic nitrogens is 2. The van der Waals surface area contributed by atoms with E-state index in [1.54, 1.807) is 11.3 Å². The van der Waals surface area contributed by atoms with E-state index in [0.717, 1.165) is 5.56 Å². The van der Waals surface area contributed by atoms with Crippen molar-refractivity contribution in [2.24, 2.45) is 5.73 Å². The van der Waals surface area contributed by atoms with Crippen molar-refractivity contribution >= 4 is 33.9 Å². The molecule has 0 spiro atoms. The number of rotatable bonds is 2. The van der Waals surface area contributed by atoms with Crippen LogP contribution in [0.25, 0.3) is 11.5 Å². The van der Waals surface area contributed by atoms with Crippen LogP contribution in [0.15, 0.2) is 15.9 Å². The Hall–Kier alpha value is -0.470. The summed E-state index contributed by atoms with van der Waals surface area (Å²) in [6.45, 7) is 1.81. The van der Waals surface area contributed by atoms with Gasteiger partial charge in [0.05, 0.1) is 14.5 Å². The van der Waals surface area contributed by atoms with Crippen molar-refractivity contribution in [2.75, 3.05) is 0 Å². The topological polar surface area (TPSA) is 64.9 Å². The average Bonchev–Trinajstić information content (AvgIpc) is 2.70. The van der Waals surface area contributed by atoms with E-state index in [-0.39, 0.29) is 6.04 Å². The third-order valence-corrected chi connectivity index (χ3v) is 3.43. The molecule has 0 aliphatic carbocycles. The molecule has 0 bridgehead atoms. The summed E-state index contributed by atoms with van der Waals surface area (Å²) in [5.74, 6) is 1.01. The van der Waals surface area contributed by atoms with Crippen LogP contribution in [0.5, 0.6) is 0 Å². The molecule has 0 amide bonds. The lowest BCUT2D eigenvalue weighted by molar-refractivity contribution is 0.473. The highest BCUT2D eigenvalue weighted by Crippen LogP contribution is 2.26. The van der Waals surface area contributed by atoms with E-state index in [2.05, 4.69) is 32.8 Å². The van der Waals surface area contributed by atoms with Gasteiger partial charge in [0.25, 0.3) is 0 Å². The molecule has 0 saturated carbocycles. The third kappa shape index (κ3) is 1.96. The smallest absolute Gasteiger partial charge is 0.248 e. The molecule has 2 aromatic rings. The van der Waals surface area contributed by atoms with Crippen LogP contribution < -0.4 is 5.73 Å². The molecular formula is C8H8IN3OS. The zero-order chi connectivity index (χ0) is 10.1. The molecule has 2 N–H and O–H groups in total. The molecule has 2 heterocycles.